The first-order chi connectivity index (χ1) is 9.90. The second kappa shape index (κ2) is 7.87. The second-order valence-electron chi connectivity index (χ2n) is 4.39. The van der Waals surface area contributed by atoms with Gasteiger partial charge in [0.1, 0.15) is 0 Å². The van der Waals surface area contributed by atoms with Crippen LogP contribution in [0.1, 0.15) is 29.3 Å². The maximum absolute atomic E-state index is 12.7. The lowest BCUT2D eigenvalue weighted by Crippen LogP contribution is -2.26. The van der Waals surface area contributed by atoms with Crippen LogP contribution in [0.3, 0.4) is 0 Å². The molecule has 0 aromatic heterocycles. The molecule has 0 aliphatic heterocycles. The highest BCUT2D eigenvalue weighted by atomic mass is 19.4. The van der Waals surface area contributed by atoms with Gasteiger partial charge in [0.15, 0.2) is 0 Å². The summed E-state index contributed by atoms with van der Waals surface area (Å²) in [5.74, 6) is -0.534. The Morgan fingerprint density at radius 3 is 2.62 bits per heavy atom. The molecule has 0 fully saturated rings. The molecule has 7 heteroatoms. The van der Waals surface area contributed by atoms with Gasteiger partial charge in [-0.15, -0.1) is 0 Å². The zero-order chi connectivity index (χ0) is 15.9. The van der Waals surface area contributed by atoms with Gasteiger partial charge in [-0.25, -0.2) is 0 Å². The molecule has 1 aromatic rings. The molecular weight excluding hydrogens is 285 g/mol. The third kappa shape index (κ3) is 5.26. The van der Waals surface area contributed by atoms with Crippen LogP contribution in [0.15, 0.2) is 18.2 Å². The van der Waals surface area contributed by atoms with Crippen LogP contribution < -0.4 is 10.6 Å². The van der Waals surface area contributed by atoms with E-state index in [2.05, 4.69) is 10.6 Å². The molecule has 0 spiro atoms. The van der Waals surface area contributed by atoms with Gasteiger partial charge in [0.05, 0.1) is 11.1 Å². The van der Waals surface area contributed by atoms with Gasteiger partial charge in [-0.1, -0.05) is 0 Å². The third-order valence-corrected chi connectivity index (χ3v) is 2.77. The number of amides is 1. The van der Waals surface area contributed by atoms with Crippen molar-refractivity contribution in [1.82, 2.24) is 5.32 Å². The number of nitrogens with one attached hydrogen (secondary N) is 2. The van der Waals surface area contributed by atoms with Gasteiger partial charge >= 0.3 is 6.18 Å². The first-order valence-electron chi connectivity index (χ1n) is 6.62. The molecule has 0 atom stereocenters. The number of hydrogen-bond donors (Lipinski definition) is 2. The van der Waals surface area contributed by atoms with E-state index in [1.54, 1.807) is 6.92 Å². The van der Waals surface area contributed by atoms with Gasteiger partial charge in [-0.2, -0.15) is 13.2 Å². The Morgan fingerprint density at radius 2 is 2.05 bits per heavy atom. The molecule has 0 saturated carbocycles. The Kier molecular flexibility index (Phi) is 6.48. The normalized spacial score (nSPS) is 11.3. The van der Waals surface area contributed by atoms with Crippen molar-refractivity contribution in [2.45, 2.75) is 19.5 Å². The summed E-state index contributed by atoms with van der Waals surface area (Å²) in [5, 5.41) is 5.47. The van der Waals surface area contributed by atoms with Crippen LogP contribution in [0.4, 0.5) is 18.9 Å². The summed E-state index contributed by atoms with van der Waals surface area (Å²) in [5.41, 5.74) is -0.468. The molecule has 0 heterocycles. The van der Waals surface area contributed by atoms with Gasteiger partial charge in [0, 0.05) is 32.5 Å². The summed E-state index contributed by atoms with van der Waals surface area (Å²) in [6.45, 7) is 3.13. The van der Waals surface area contributed by atoms with E-state index in [4.69, 9.17) is 4.74 Å². The molecule has 118 valence electrons. The van der Waals surface area contributed by atoms with Gasteiger partial charge in [-0.3, -0.25) is 4.79 Å². The fourth-order valence-corrected chi connectivity index (χ4v) is 1.77. The molecule has 1 rings (SSSR count). The van der Waals surface area contributed by atoms with Crippen molar-refractivity contribution in [1.29, 1.82) is 0 Å². The lowest BCUT2D eigenvalue weighted by atomic mass is 10.1. The van der Waals surface area contributed by atoms with E-state index in [-0.39, 0.29) is 5.56 Å². The SMILES string of the molecule is CCNc1ccc(C(F)(F)F)cc1C(=O)NCCCOC. The maximum atomic E-state index is 12.7. The highest BCUT2D eigenvalue weighted by molar-refractivity contribution is 5.99. The number of carbonyl (C=O) groups excluding carboxylic acids is 1. The molecule has 4 nitrogen and oxygen atoms in total. The first kappa shape index (κ1) is 17.3. The van der Waals surface area contributed by atoms with Crippen LogP contribution in [-0.2, 0) is 10.9 Å². The standard InChI is InChI=1S/C14H19F3N2O2/c1-3-18-12-6-5-10(14(15,16)17)9-11(12)13(20)19-7-4-8-21-2/h5-6,9,18H,3-4,7-8H2,1-2H3,(H,19,20). The monoisotopic (exact) mass is 304 g/mol. The predicted octanol–water partition coefficient (Wildman–Crippen LogP) is 2.90. The Balaban J connectivity index is 2.92. The van der Waals surface area contributed by atoms with E-state index in [1.807, 2.05) is 0 Å². The van der Waals surface area contributed by atoms with Gasteiger partial charge in [-0.05, 0) is 31.5 Å². The largest absolute Gasteiger partial charge is 0.416 e. The number of hydrogen-bond acceptors (Lipinski definition) is 3. The highest BCUT2D eigenvalue weighted by Gasteiger charge is 2.31. The Morgan fingerprint density at radius 1 is 1.33 bits per heavy atom. The van der Waals surface area contributed by atoms with Crippen molar-refractivity contribution in [3.8, 4) is 0 Å². The molecule has 0 bridgehead atoms. The summed E-state index contributed by atoms with van der Waals surface area (Å²) in [4.78, 5) is 12.0. The summed E-state index contributed by atoms with van der Waals surface area (Å²) in [6, 6.07) is 3.10. The molecule has 1 aromatic carbocycles. The Bertz CT molecular complexity index is 476. The van der Waals surface area contributed by atoms with Crippen LogP contribution in [0.5, 0.6) is 0 Å². The van der Waals surface area contributed by atoms with Crippen LogP contribution in [0.2, 0.25) is 0 Å². The fourth-order valence-electron chi connectivity index (χ4n) is 1.77. The number of anilines is 1. The molecular formula is C14H19F3N2O2. The summed E-state index contributed by atoms with van der Waals surface area (Å²) < 4.78 is 43.0. The number of methoxy groups -OCH3 is 1. The van der Waals surface area contributed by atoms with Crippen molar-refractivity contribution in [2.75, 3.05) is 32.1 Å². The molecule has 0 aliphatic rings. The minimum absolute atomic E-state index is 0.0101. The number of rotatable bonds is 7. The van der Waals surface area contributed by atoms with E-state index in [0.29, 0.717) is 31.8 Å². The average Bonchev–Trinajstić information content (AvgIpc) is 2.43. The van der Waals surface area contributed by atoms with Crippen molar-refractivity contribution in [3.63, 3.8) is 0 Å². The molecule has 2 N–H and O–H groups in total. The molecule has 21 heavy (non-hydrogen) atoms. The minimum atomic E-state index is -4.48. The van der Waals surface area contributed by atoms with Gasteiger partial charge in [0.2, 0.25) is 0 Å². The predicted molar refractivity (Wildman–Crippen MR) is 74.4 cm³/mol. The molecule has 0 saturated heterocycles. The number of alkyl halides is 3. The average molecular weight is 304 g/mol. The maximum Gasteiger partial charge on any atom is 0.416 e. The zero-order valence-corrected chi connectivity index (χ0v) is 12.0. The minimum Gasteiger partial charge on any atom is -0.385 e. The summed E-state index contributed by atoms with van der Waals surface area (Å²) in [6.07, 6.45) is -3.88. The van der Waals surface area contributed by atoms with Crippen LogP contribution in [-0.4, -0.2) is 32.7 Å². The quantitative estimate of drug-likeness (QED) is 0.762. The highest BCUT2D eigenvalue weighted by Crippen LogP contribution is 2.31. The summed E-state index contributed by atoms with van der Waals surface area (Å²) >= 11 is 0. The van der Waals surface area contributed by atoms with E-state index in [0.717, 1.165) is 12.1 Å². The zero-order valence-electron chi connectivity index (χ0n) is 12.0. The van der Waals surface area contributed by atoms with E-state index >= 15 is 0 Å². The Hall–Kier alpha value is -1.76. The molecule has 0 radical (unpaired) electrons. The third-order valence-electron chi connectivity index (χ3n) is 2.77. The molecule has 0 unspecified atom stereocenters. The number of ether oxygens (including phenoxy) is 1. The number of benzene rings is 1. The summed E-state index contributed by atoms with van der Waals surface area (Å²) in [7, 11) is 1.54. The van der Waals surface area contributed by atoms with Crippen LogP contribution in [0.25, 0.3) is 0 Å². The van der Waals surface area contributed by atoms with Crippen molar-refractivity contribution < 1.29 is 22.7 Å². The van der Waals surface area contributed by atoms with Gasteiger partial charge < -0.3 is 15.4 Å². The van der Waals surface area contributed by atoms with E-state index < -0.39 is 17.6 Å². The number of halogens is 3. The lowest BCUT2D eigenvalue weighted by Gasteiger charge is -2.14. The number of carbonyl (C=O) groups is 1. The van der Waals surface area contributed by atoms with Crippen LogP contribution in [0, 0.1) is 0 Å². The van der Waals surface area contributed by atoms with Gasteiger partial charge in [0.25, 0.3) is 5.91 Å². The topological polar surface area (TPSA) is 50.4 Å². The molecule has 1 amide bonds. The van der Waals surface area contributed by atoms with Crippen molar-refractivity contribution in [2.24, 2.45) is 0 Å². The second-order valence-corrected chi connectivity index (χ2v) is 4.39. The smallest absolute Gasteiger partial charge is 0.385 e. The van der Waals surface area contributed by atoms with Crippen molar-refractivity contribution in [3.05, 3.63) is 29.3 Å². The Labute approximate surface area is 121 Å². The van der Waals surface area contributed by atoms with Crippen molar-refractivity contribution >= 4 is 11.6 Å². The lowest BCUT2D eigenvalue weighted by molar-refractivity contribution is -0.137. The van der Waals surface area contributed by atoms with E-state index in [9.17, 15) is 18.0 Å². The van der Waals surface area contributed by atoms with Crippen LogP contribution >= 0.6 is 0 Å². The molecule has 0 aliphatic carbocycles. The van der Waals surface area contributed by atoms with E-state index in [1.165, 1.54) is 13.2 Å². The fraction of sp³-hybridized carbons (Fsp3) is 0.500. The first-order valence-corrected chi connectivity index (χ1v) is 6.62.